The third-order valence-corrected chi connectivity index (χ3v) is 1.42. The first-order chi connectivity index (χ1) is 5.93. The summed E-state index contributed by atoms with van der Waals surface area (Å²) >= 11 is 0. The van der Waals surface area contributed by atoms with E-state index >= 15 is 0 Å². The number of nitrogens with one attached hydrogen (secondary N) is 2. The number of carbonyl (C=O) groups excluding carboxylic acids is 1. The van der Waals surface area contributed by atoms with Crippen LogP contribution in [0.2, 0.25) is 0 Å². The molecule has 0 aromatic carbocycles. The van der Waals surface area contributed by atoms with Crippen molar-refractivity contribution in [3.05, 3.63) is 0 Å². The summed E-state index contributed by atoms with van der Waals surface area (Å²) in [5.74, 6) is -1.33. The Morgan fingerprint density at radius 3 is 2.23 bits per heavy atom. The molecule has 0 aromatic rings. The van der Waals surface area contributed by atoms with E-state index < -0.39 is 12.0 Å². The number of carboxylic acid groups (broad SMARTS) is 1. The van der Waals surface area contributed by atoms with Crippen LogP contribution in [0.5, 0.6) is 0 Å². The van der Waals surface area contributed by atoms with Crippen molar-refractivity contribution in [2.24, 2.45) is 0 Å². The molecule has 1 atom stereocenters. The maximum Gasteiger partial charge on any atom is 0.325 e. The highest BCUT2D eigenvalue weighted by atomic mass is 16.4. The quantitative estimate of drug-likeness (QED) is 0.547. The molecule has 0 aliphatic carbocycles. The van der Waals surface area contributed by atoms with Gasteiger partial charge in [-0.1, -0.05) is 13.8 Å². The Balaban J connectivity index is 3.68. The van der Waals surface area contributed by atoms with Gasteiger partial charge in [-0.3, -0.25) is 9.59 Å². The summed E-state index contributed by atoms with van der Waals surface area (Å²) in [7, 11) is 0. The summed E-state index contributed by atoms with van der Waals surface area (Å²) in [6, 6.07) is -0.618. The van der Waals surface area contributed by atoms with Gasteiger partial charge in [0.25, 0.3) is 0 Å². The van der Waals surface area contributed by atoms with E-state index in [9.17, 15) is 9.59 Å². The summed E-state index contributed by atoms with van der Waals surface area (Å²) in [5.41, 5.74) is 0. The van der Waals surface area contributed by atoms with Crippen LogP contribution in [0.25, 0.3) is 0 Å². The van der Waals surface area contributed by atoms with Gasteiger partial charge in [0, 0.05) is 6.04 Å². The molecule has 0 aromatic heterocycles. The second-order valence-electron chi connectivity index (χ2n) is 3.16. The van der Waals surface area contributed by atoms with Gasteiger partial charge in [0.05, 0.1) is 6.54 Å². The van der Waals surface area contributed by atoms with Crippen LogP contribution in [-0.4, -0.2) is 35.6 Å². The van der Waals surface area contributed by atoms with Crippen LogP contribution in [0.15, 0.2) is 0 Å². The van der Waals surface area contributed by atoms with Crippen LogP contribution in [0, 0.1) is 0 Å². The lowest BCUT2D eigenvalue weighted by molar-refractivity contribution is -0.141. The second kappa shape index (κ2) is 5.53. The first-order valence-corrected chi connectivity index (χ1v) is 4.19. The fourth-order valence-corrected chi connectivity index (χ4v) is 0.651. The molecule has 3 N–H and O–H groups in total. The summed E-state index contributed by atoms with van der Waals surface area (Å²) in [6.45, 7) is 5.40. The second-order valence-corrected chi connectivity index (χ2v) is 3.16. The Hall–Kier alpha value is -1.10. The van der Waals surface area contributed by atoms with E-state index in [1.807, 2.05) is 13.8 Å². The molecule has 76 valence electrons. The third kappa shape index (κ3) is 6.10. The molecule has 0 rings (SSSR count). The molecule has 0 radical (unpaired) electrons. The summed E-state index contributed by atoms with van der Waals surface area (Å²) in [6.07, 6.45) is 0. The Labute approximate surface area is 77.5 Å². The standard InChI is InChI=1S/C8H16N2O3/c1-5(2)9-4-7(11)10-6(3)8(12)13/h5-6,9H,4H2,1-3H3,(H,10,11)(H,12,13). The SMILES string of the molecule is CC(C)NCC(=O)NC(C)C(=O)O. The monoisotopic (exact) mass is 188 g/mol. The largest absolute Gasteiger partial charge is 0.480 e. The van der Waals surface area contributed by atoms with Crippen LogP contribution in [-0.2, 0) is 9.59 Å². The van der Waals surface area contributed by atoms with Crippen LogP contribution in [0.3, 0.4) is 0 Å². The average Bonchev–Trinajstić information content (AvgIpc) is 2.00. The lowest BCUT2D eigenvalue weighted by Crippen LogP contribution is -2.44. The highest BCUT2D eigenvalue weighted by molar-refractivity contribution is 5.84. The van der Waals surface area contributed by atoms with E-state index in [1.54, 1.807) is 0 Å². The molecule has 0 saturated heterocycles. The molecule has 0 bridgehead atoms. The maximum atomic E-state index is 11.0. The van der Waals surface area contributed by atoms with Crippen LogP contribution in [0.4, 0.5) is 0 Å². The maximum absolute atomic E-state index is 11.0. The first-order valence-electron chi connectivity index (χ1n) is 4.19. The Morgan fingerprint density at radius 2 is 1.85 bits per heavy atom. The number of carboxylic acids is 1. The zero-order valence-corrected chi connectivity index (χ0v) is 8.13. The van der Waals surface area contributed by atoms with E-state index in [-0.39, 0.29) is 18.5 Å². The normalized spacial score (nSPS) is 12.6. The molecule has 5 nitrogen and oxygen atoms in total. The number of hydrogen-bond acceptors (Lipinski definition) is 3. The van der Waals surface area contributed by atoms with Gasteiger partial charge in [0.1, 0.15) is 6.04 Å². The molecule has 1 amide bonds. The van der Waals surface area contributed by atoms with Gasteiger partial charge in [0.2, 0.25) is 5.91 Å². The van der Waals surface area contributed by atoms with Crippen molar-refractivity contribution in [3.8, 4) is 0 Å². The summed E-state index contributed by atoms with van der Waals surface area (Å²) in [4.78, 5) is 21.4. The van der Waals surface area contributed by atoms with E-state index in [2.05, 4.69) is 10.6 Å². The van der Waals surface area contributed by atoms with Gasteiger partial charge >= 0.3 is 5.97 Å². The number of hydrogen-bond donors (Lipinski definition) is 3. The number of aliphatic carboxylic acids is 1. The van der Waals surface area contributed by atoms with Crippen molar-refractivity contribution < 1.29 is 14.7 Å². The summed E-state index contributed by atoms with van der Waals surface area (Å²) in [5, 5.41) is 13.7. The van der Waals surface area contributed by atoms with Gasteiger partial charge in [0.15, 0.2) is 0 Å². The smallest absolute Gasteiger partial charge is 0.325 e. The minimum atomic E-state index is -1.03. The number of carbonyl (C=O) groups is 2. The Kier molecular flexibility index (Phi) is 5.06. The van der Waals surface area contributed by atoms with Crippen LogP contribution < -0.4 is 10.6 Å². The molecule has 0 fully saturated rings. The zero-order valence-electron chi connectivity index (χ0n) is 8.13. The first kappa shape index (κ1) is 11.9. The lowest BCUT2D eigenvalue weighted by Gasteiger charge is -2.11. The summed E-state index contributed by atoms with van der Waals surface area (Å²) < 4.78 is 0. The van der Waals surface area contributed by atoms with Crippen LogP contribution >= 0.6 is 0 Å². The van der Waals surface area contributed by atoms with Crippen molar-refractivity contribution >= 4 is 11.9 Å². The topological polar surface area (TPSA) is 78.4 Å². The fourth-order valence-electron chi connectivity index (χ4n) is 0.651. The van der Waals surface area contributed by atoms with E-state index in [0.29, 0.717) is 0 Å². The molecular weight excluding hydrogens is 172 g/mol. The minimum absolute atomic E-state index is 0.148. The minimum Gasteiger partial charge on any atom is -0.480 e. The lowest BCUT2D eigenvalue weighted by atomic mass is 10.3. The van der Waals surface area contributed by atoms with Crippen molar-refractivity contribution in [2.45, 2.75) is 32.9 Å². The molecule has 0 saturated carbocycles. The Morgan fingerprint density at radius 1 is 1.31 bits per heavy atom. The van der Waals surface area contributed by atoms with Gasteiger partial charge in [-0.2, -0.15) is 0 Å². The van der Waals surface area contributed by atoms with Gasteiger partial charge in [-0.05, 0) is 6.92 Å². The van der Waals surface area contributed by atoms with Gasteiger partial charge in [-0.15, -0.1) is 0 Å². The van der Waals surface area contributed by atoms with Crippen molar-refractivity contribution in [3.63, 3.8) is 0 Å². The molecule has 1 unspecified atom stereocenters. The predicted molar refractivity (Wildman–Crippen MR) is 48.4 cm³/mol. The van der Waals surface area contributed by atoms with Crippen molar-refractivity contribution in [1.29, 1.82) is 0 Å². The van der Waals surface area contributed by atoms with Crippen molar-refractivity contribution in [1.82, 2.24) is 10.6 Å². The molecule has 0 aliphatic heterocycles. The van der Waals surface area contributed by atoms with E-state index in [1.165, 1.54) is 6.92 Å². The average molecular weight is 188 g/mol. The number of amides is 1. The fraction of sp³-hybridized carbons (Fsp3) is 0.750. The molecule has 13 heavy (non-hydrogen) atoms. The molecule has 5 heteroatoms. The molecule has 0 heterocycles. The number of rotatable bonds is 5. The van der Waals surface area contributed by atoms with Crippen LogP contribution in [0.1, 0.15) is 20.8 Å². The van der Waals surface area contributed by atoms with Gasteiger partial charge in [-0.25, -0.2) is 0 Å². The predicted octanol–water partition coefficient (Wildman–Crippen LogP) is -0.426. The van der Waals surface area contributed by atoms with Gasteiger partial charge < -0.3 is 15.7 Å². The Bertz CT molecular complexity index is 192. The molecular formula is C8H16N2O3. The molecule has 0 aliphatic rings. The molecule has 0 spiro atoms. The van der Waals surface area contributed by atoms with E-state index in [0.717, 1.165) is 0 Å². The van der Waals surface area contributed by atoms with E-state index in [4.69, 9.17) is 5.11 Å². The highest BCUT2D eigenvalue weighted by Crippen LogP contribution is 1.81. The zero-order chi connectivity index (χ0) is 10.4. The van der Waals surface area contributed by atoms with Crippen molar-refractivity contribution in [2.75, 3.05) is 6.54 Å². The third-order valence-electron chi connectivity index (χ3n) is 1.42. The highest BCUT2D eigenvalue weighted by Gasteiger charge is 2.13.